The van der Waals surface area contributed by atoms with E-state index in [1.165, 1.54) is 11.1 Å². The number of likely N-dealkylation sites (tertiary alicyclic amines) is 1. The van der Waals surface area contributed by atoms with Crippen LogP contribution in [0.4, 0.5) is 4.79 Å². The monoisotopic (exact) mass is 365 g/mol. The molecule has 2 fully saturated rings. The van der Waals surface area contributed by atoms with Crippen molar-refractivity contribution in [2.75, 3.05) is 6.54 Å². The second-order valence-corrected chi connectivity index (χ2v) is 7.57. The maximum Gasteiger partial charge on any atom is 0.410 e. The molecule has 0 bridgehead atoms. The number of rotatable bonds is 4. The fourth-order valence-corrected chi connectivity index (χ4v) is 4.18. The first-order valence-corrected chi connectivity index (χ1v) is 9.61. The number of amides is 1. The lowest BCUT2D eigenvalue weighted by Gasteiger charge is -2.31. The van der Waals surface area contributed by atoms with Gasteiger partial charge in [0.05, 0.1) is 13.2 Å². The van der Waals surface area contributed by atoms with Crippen LogP contribution in [0.5, 0.6) is 5.75 Å². The number of carbonyl (C=O) groups is 1. The molecule has 2 heterocycles. The van der Waals surface area contributed by atoms with Gasteiger partial charge in [-0.1, -0.05) is 36.4 Å². The average molecular weight is 365 g/mol. The van der Waals surface area contributed by atoms with Gasteiger partial charge in [0.1, 0.15) is 18.5 Å². The molecule has 5 nitrogen and oxygen atoms in total. The molecule has 5 rings (SSSR count). The van der Waals surface area contributed by atoms with Crippen LogP contribution in [0.25, 0.3) is 0 Å². The van der Waals surface area contributed by atoms with Crippen LogP contribution in [0.2, 0.25) is 0 Å². The largest absolute Gasteiger partial charge is 0.490 e. The number of ether oxygens (including phenoxy) is 3. The first-order valence-electron chi connectivity index (χ1n) is 9.61. The van der Waals surface area contributed by atoms with E-state index in [4.69, 9.17) is 14.2 Å². The zero-order valence-corrected chi connectivity index (χ0v) is 15.2. The molecular formula is C22H23NO4. The standard InChI is InChI=1S/C22H23NO4/c24-22(26-12-15-4-2-1-3-5-15)23-9-8-21(19-11-20(19)23)27-18-7-6-16-13-25-14-17(16)10-18/h1-7,10,19-21H,8-9,11-14H2. The van der Waals surface area contributed by atoms with E-state index in [1.807, 2.05) is 41.3 Å². The van der Waals surface area contributed by atoms with Crippen molar-refractivity contribution in [1.29, 1.82) is 0 Å². The predicted octanol–water partition coefficient (Wildman–Crippen LogP) is 3.90. The Balaban J connectivity index is 1.16. The smallest absolute Gasteiger partial charge is 0.410 e. The van der Waals surface area contributed by atoms with Gasteiger partial charge < -0.3 is 19.1 Å². The summed E-state index contributed by atoms with van der Waals surface area (Å²) in [5.74, 6) is 1.32. The van der Waals surface area contributed by atoms with Crippen molar-refractivity contribution in [3.05, 3.63) is 65.2 Å². The molecule has 5 heteroatoms. The lowest BCUT2D eigenvalue weighted by molar-refractivity contribution is 0.0600. The van der Waals surface area contributed by atoms with Gasteiger partial charge in [-0.25, -0.2) is 4.79 Å². The molecule has 27 heavy (non-hydrogen) atoms. The Kier molecular flexibility index (Phi) is 4.24. The second-order valence-electron chi connectivity index (χ2n) is 7.57. The molecule has 2 aromatic rings. The summed E-state index contributed by atoms with van der Waals surface area (Å²) in [5, 5.41) is 0. The molecular weight excluding hydrogens is 342 g/mol. The fourth-order valence-electron chi connectivity index (χ4n) is 4.18. The number of piperidine rings is 1. The first-order chi connectivity index (χ1) is 13.3. The number of hydrogen-bond acceptors (Lipinski definition) is 4. The first kappa shape index (κ1) is 16.6. The number of carbonyl (C=O) groups excluding carboxylic acids is 1. The van der Waals surface area contributed by atoms with E-state index in [0.717, 1.165) is 24.2 Å². The SMILES string of the molecule is O=C(OCc1ccccc1)N1CCC(Oc2ccc3c(c2)COC3)C2CC21. The Morgan fingerprint density at radius 3 is 2.85 bits per heavy atom. The van der Waals surface area contributed by atoms with Crippen LogP contribution in [0.1, 0.15) is 29.5 Å². The summed E-state index contributed by atoms with van der Waals surface area (Å²) in [7, 11) is 0. The second kappa shape index (κ2) is 6.89. The van der Waals surface area contributed by atoms with Crippen molar-refractivity contribution in [1.82, 2.24) is 4.90 Å². The van der Waals surface area contributed by atoms with E-state index >= 15 is 0 Å². The van der Waals surface area contributed by atoms with Gasteiger partial charge in [0.2, 0.25) is 0 Å². The molecule has 2 aromatic carbocycles. The zero-order valence-electron chi connectivity index (χ0n) is 15.2. The highest BCUT2D eigenvalue weighted by molar-refractivity contribution is 5.69. The average Bonchev–Trinajstić information content (AvgIpc) is 3.37. The summed E-state index contributed by atoms with van der Waals surface area (Å²) in [4.78, 5) is 14.3. The molecule has 1 amide bonds. The van der Waals surface area contributed by atoms with Gasteiger partial charge in [-0.3, -0.25) is 0 Å². The third-order valence-electron chi connectivity index (χ3n) is 5.76. The van der Waals surface area contributed by atoms with Gasteiger partial charge in [0, 0.05) is 24.9 Å². The Bertz CT molecular complexity index is 837. The van der Waals surface area contributed by atoms with Crippen LogP contribution in [0.15, 0.2) is 48.5 Å². The molecule has 3 atom stereocenters. The predicted molar refractivity (Wildman–Crippen MR) is 99.2 cm³/mol. The quantitative estimate of drug-likeness (QED) is 0.825. The normalized spacial score (nSPS) is 25.5. The summed E-state index contributed by atoms with van der Waals surface area (Å²) >= 11 is 0. The molecule has 1 aliphatic carbocycles. The van der Waals surface area contributed by atoms with E-state index < -0.39 is 0 Å². The highest BCUT2D eigenvalue weighted by Crippen LogP contribution is 2.45. The number of hydrogen-bond donors (Lipinski definition) is 0. The fraction of sp³-hybridized carbons (Fsp3) is 0.409. The minimum Gasteiger partial charge on any atom is -0.490 e. The van der Waals surface area contributed by atoms with Crippen molar-refractivity contribution in [2.24, 2.45) is 5.92 Å². The molecule has 0 radical (unpaired) electrons. The van der Waals surface area contributed by atoms with Crippen LogP contribution < -0.4 is 4.74 Å². The van der Waals surface area contributed by atoms with E-state index in [1.54, 1.807) is 0 Å². The summed E-state index contributed by atoms with van der Waals surface area (Å²) in [6.07, 6.45) is 1.81. The summed E-state index contributed by atoms with van der Waals surface area (Å²) in [6, 6.07) is 16.3. The van der Waals surface area contributed by atoms with Crippen molar-refractivity contribution in [2.45, 2.75) is 44.8 Å². The van der Waals surface area contributed by atoms with Gasteiger partial charge >= 0.3 is 6.09 Å². The molecule has 3 aliphatic rings. The van der Waals surface area contributed by atoms with Gasteiger partial charge in [0.25, 0.3) is 0 Å². The Morgan fingerprint density at radius 1 is 1.11 bits per heavy atom. The third-order valence-corrected chi connectivity index (χ3v) is 5.76. The van der Waals surface area contributed by atoms with Crippen LogP contribution in [0, 0.1) is 5.92 Å². The van der Waals surface area contributed by atoms with Crippen LogP contribution in [0.3, 0.4) is 0 Å². The van der Waals surface area contributed by atoms with Crippen molar-refractivity contribution >= 4 is 6.09 Å². The van der Waals surface area contributed by atoms with E-state index in [0.29, 0.717) is 32.3 Å². The number of fused-ring (bicyclic) bond motifs is 2. The molecule has 1 saturated carbocycles. The Hall–Kier alpha value is -2.53. The molecule has 140 valence electrons. The van der Waals surface area contributed by atoms with Crippen molar-refractivity contribution in [3.8, 4) is 5.75 Å². The zero-order chi connectivity index (χ0) is 18.2. The number of benzene rings is 2. The summed E-state index contributed by atoms with van der Waals surface area (Å²) in [5.41, 5.74) is 3.49. The van der Waals surface area contributed by atoms with E-state index in [9.17, 15) is 4.79 Å². The van der Waals surface area contributed by atoms with Crippen molar-refractivity contribution < 1.29 is 19.0 Å². The molecule has 0 aromatic heterocycles. The maximum absolute atomic E-state index is 12.5. The van der Waals surface area contributed by atoms with Gasteiger partial charge in [0.15, 0.2) is 0 Å². The minimum absolute atomic E-state index is 0.175. The molecule has 3 unspecified atom stereocenters. The van der Waals surface area contributed by atoms with Crippen LogP contribution in [-0.2, 0) is 29.3 Å². The van der Waals surface area contributed by atoms with Gasteiger partial charge in [-0.05, 0) is 35.2 Å². The van der Waals surface area contributed by atoms with Crippen LogP contribution in [-0.4, -0.2) is 29.7 Å². The molecule has 2 aliphatic heterocycles. The summed E-state index contributed by atoms with van der Waals surface area (Å²) in [6.45, 7) is 2.38. The molecule has 1 saturated heterocycles. The lowest BCUT2D eigenvalue weighted by Crippen LogP contribution is -2.43. The highest BCUT2D eigenvalue weighted by Gasteiger charge is 2.53. The Labute approximate surface area is 158 Å². The van der Waals surface area contributed by atoms with Crippen LogP contribution >= 0.6 is 0 Å². The van der Waals surface area contributed by atoms with Crippen molar-refractivity contribution in [3.63, 3.8) is 0 Å². The summed E-state index contributed by atoms with van der Waals surface area (Å²) < 4.78 is 17.2. The van der Waals surface area contributed by atoms with Gasteiger partial charge in [-0.2, -0.15) is 0 Å². The van der Waals surface area contributed by atoms with E-state index in [-0.39, 0.29) is 18.2 Å². The topological polar surface area (TPSA) is 48.0 Å². The van der Waals surface area contributed by atoms with Gasteiger partial charge in [-0.15, -0.1) is 0 Å². The maximum atomic E-state index is 12.5. The lowest BCUT2D eigenvalue weighted by atomic mass is 10.1. The molecule has 0 N–H and O–H groups in total. The number of nitrogens with zero attached hydrogens (tertiary/aromatic N) is 1. The van der Waals surface area contributed by atoms with E-state index in [2.05, 4.69) is 12.1 Å². The Morgan fingerprint density at radius 2 is 1.96 bits per heavy atom. The highest BCUT2D eigenvalue weighted by atomic mass is 16.6. The third kappa shape index (κ3) is 3.39. The minimum atomic E-state index is -0.209. The molecule has 0 spiro atoms.